The van der Waals surface area contributed by atoms with Gasteiger partial charge in [0.15, 0.2) is 0 Å². The second kappa shape index (κ2) is 7.53. The molecule has 2 aliphatic rings. The molecular weight excluding hydrogens is 273 g/mol. The average molecular weight is 298 g/mol. The fourth-order valence-electron chi connectivity index (χ4n) is 3.07. The fraction of sp³-hybridized carbons (Fsp3) is 0.917. The molecule has 6 heteroatoms. The van der Waals surface area contributed by atoms with Crippen molar-refractivity contribution in [3.63, 3.8) is 0 Å². The number of hydrogen-bond donors (Lipinski definition) is 2. The molecule has 0 aromatic heterocycles. The summed E-state index contributed by atoms with van der Waals surface area (Å²) in [4.78, 5) is 14.1. The first kappa shape index (κ1) is 18.0. The van der Waals surface area contributed by atoms with Crippen LogP contribution in [0.5, 0.6) is 0 Å². The van der Waals surface area contributed by atoms with Crippen molar-refractivity contribution in [3.8, 4) is 0 Å². The lowest BCUT2D eigenvalue weighted by Crippen LogP contribution is -2.56. The van der Waals surface area contributed by atoms with Crippen LogP contribution in [0.15, 0.2) is 0 Å². The Hall–Kier alpha value is -0.0300. The summed E-state index contributed by atoms with van der Waals surface area (Å²) in [5.41, 5.74) is 5.57. The highest BCUT2D eigenvalue weighted by Crippen LogP contribution is 2.32. The molecule has 0 saturated carbocycles. The first-order chi connectivity index (χ1) is 7.58. The molecule has 2 fully saturated rings. The minimum Gasteiger partial charge on any atom is -0.352 e. The van der Waals surface area contributed by atoms with E-state index in [1.165, 1.54) is 19.3 Å². The fourth-order valence-corrected chi connectivity index (χ4v) is 3.07. The molecule has 4 nitrogen and oxygen atoms in total. The van der Waals surface area contributed by atoms with Crippen LogP contribution >= 0.6 is 24.8 Å². The van der Waals surface area contributed by atoms with Gasteiger partial charge in [-0.15, -0.1) is 24.8 Å². The summed E-state index contributed by atoms with van der Waals surface area (Å²) in [6, 6.07) is 1.27. The normalized spacial score (nSPS) is 32.7. The Labute approximate surface area is 122 Å². The maximum absolute atomic E-state index is 11.6. The summed E-state index contributed by atoms with van der Waals surface area (Å²) < 4.78 is 0. The Morgan fingerprint density at radius 3 is 2.22 bits per heavy atom. The van der Waals surface area contributed by atoms with Crippen LogP contribution in [0.1, 0.15) is 39.0 Å². The minimum absolute atomic E-state index is 0. The summed E-state index contributed by atoms with van der Waals surface area (Å²) in [5, 5.41) is 3.08. The molecule has 0 aromatic rings. The molecule has 2 heterocycles. The van der Waals surface area contributed by atoms with Crippen molar-refractivity contribution < 1.29 is 4.79 Å². The highest BCUT2D eigenvalue weighted by molar-refractivity contribution is 5.85. The molecule has 2 rings (SSSR count). The van der Waals surface area contributed by atoms with Crippen LogP contribution in [0, 0.1) is 0 Å². The van der Waals surface area contributed by atoms with Gasteiger partial charge >= 0.3 is 0 Å². The molecule has 2 saturated heterocycles. The second-order valence-electron chi connectivity index (χ2n) is 5.37. The third kappa shape index (κ3) is 3.98. The van der Waals surface area contributed by atoms with Crippen LogP contribution in [0.3, 0.4) is 0 Å². The van der Waals surface area contributed by atoms with Crippen molar-refractivity contribution in [2.75, 3.05) is 7.05 Å². The first-order valence-corrected chi connectivity index (χ1v) is 6.36. The molecule has 18 heavy (non-hydrogen) atoms. The van der Waals surface area contributed by atoms with Gasteiger partial charge in [0.2, 0.25) is 5.91 Å². The van der Waals surface area contributed by atoms with Crippen molar-refractivity contribution in [3.05, 3.63) is 0 Å². The van der Waals surface area contributed by atoms with E-state index in [1.807, 2.05) is 0 Å². The Balaban J connectivity index is 0.00000144. The summed E-state index contributed by atoms with van der Waals surface area (Å²) in [6.07, 6.45) is 6.07. The predicted octanol–water partition coefficient (Wildman–Crippen LogP) is 1.31. The van der Waals surface area contributed by atoms with E-state index < -0.39 is 0 Å². The van der Waals surface area contributed by atoms with Crippen molar-refractivity contribution >= 4 is 30.7 Å². The Morgan fingerprint density at radius 2 is 1.78 bits per heavy atom. The van der Waals surface area contributed by atoms with Crippen molar-refractivity contribution in [2.24, 2.45) is 5.73 Å². The number of rotatable bonds is 2. The molecule has 2 bridgehead atoms. The van der Waals surface area contributed by atoms with E-state index in [9.17, 15) is 4.79 Å². The Morgan fingerprint density at radius 1 is 1.28 bits per heavy atom. The Bertz CT molecular complexity index is 262. The lowest BCUT2D eigenvalue weighted by atomic mass is 9.82. The third-order valence-electron chi connectivity index (χ3n) is 4.10. The van der Waals surface area contributed by atoms with E-state index in [0.717, 1.165) is 12.8 Å². The molecule has 108 valence electrons. The number of nitrogens with one attached hydrogen (secondary N) is 1. The van der Waals surface area contributed by atoms with Crippen LogP contribution in [0.2, 0.25) is 0 Å². The van der Waals surface area contributed by atoms with Gasteiger partial charge < -0.3 is 16.0 Å². The Kier molecular flexibility index (Phi) is 7.52. The standard InChI is InChI=1S/C12H23N3O.2ClH/c1-8(13)12(16)14-9-6-10-4-3-5-11(7-9)15(10)2;;/h8-11H,3-7,13H2,1-2H3,(H,14,16);2*1H/t8-,9?,10?,11?;;/m0../s1. The van der Waals surface area contributed by atoms with Crippen LogP contribution in [0.4, 0.5) is 0 Å². The summed E-state index contributed by atoms with van der Waals surface area (Å²) in [7, 11) is 2.22. The van der Waals surface area contributed by atoms with E-state index in [4.69, 9.17) is 5.73 Å². The molecule has 0 spiro atoms. The number of nitrogens with zero attached hydrogens (tertiary/aromatic N) is 1. The first-order valence-electron chi connectivity index (χ1n) is 6.36. The van der Waals surface area contributed by atoms with Gasteiger partial charge in [-0.25, -0.2) is 0 Å². The third-order valence-corrected chi connectivity index (χ3v) is 4.10. The van der Waals surface area contributed by atoms with E-state index in [2.05, 4.69) is 17.3 Å². The molecule has 2 aliphatic heterocycles. The zero-order chi connectivity index (χ0) is 11.7. The van der Waals surface area contributed by atoms with Gasteiger partial charge in [-0.3, -0.25) is 4.79 Å². The highest BCUT2D eigenvalue weighted by atomic mass is 35.5. The number of hydrogen-bond acceptors (Lipinski definition) is 3. The van der Waals surface area contributed by atoms with Crippen molar-refractivity contribution in [1.29, 1.82) is 0 Å². The average Bonchev–Trinajstić information content (AvgIpc) is 2.19. The predicted molar refractivity (Wildman–Crippen MR) is 78.5 cm³/mol. The number of carbonyl (C=O) groups excluding carboxylic acids is 1. The zero-order valence-electron chi connectivity index (χ0n) is 11.1. The molecular formula is C12H25Cl2N3O. The van der Waals surface area contributed by atoms with E-state index >= 15 is 0 Å². The van der Waals surface area contributed by atoms with Crippen LogP contribution in [-0.4, -0.2) is 42.0 Å². The zero-order valence-corrected chi connectivity index (χ0v) is 12.7. The van der Waals surface area contributed by atoms with Crippen molar-refractivity contribution in [2.45, 2.75) is 63.2 Å². The van der Waals surface area contributed by atoms with Crippen molar-refractivity contribution in [1.82, 2.24) is 10.2 Å². The number of carbonyl (C=O) groups is 1. The van der Waals surface area contributed by atoms with Gasteiger partial charge in [0.1, 0.15) is 0 Å². The van der Waals surface area contributed by atoms with Gasteiger partial charge in [-0.05, 0) is 39.7 Å². The van der Waals surface area contributed by atoms with E-state index in [-0.39, 0.29) is 36.8 Å². The number of piperidine rings is 2. The lowest BCUT2D eigenvalue weighted by molar-refractivity contribution is -0.123. The quantitative estimate of drug-likeness (QED) is 0.808. The smallest absolute Gasteiger partial charge is 0.236 e. The van der Waals surface area contributed by atoms with Gasteiger partial charge in [-0.1, -0.05) is 6.42 Å². The van der Waals surface area contributed by atoms with Gasteiger partial charge in [0, 0.05) is 18.1 Å². The van der Waals surface area contributed by atoms with Crippen LogP contribution in [-0.2, 0) is 4.79 Å². The topological polar surface area (TPSA) is 58.4 Å². The summed E-state index contributed by atoms with van der Waals surface area (Å²) in [6.45, 7) is 1.74. The van der Waals surface area contributed by atoms with Crippen LogP contribution in [0.25, 0.3) is 0 Å². The number of amides is 1. The number of nitrogens with two attached hydrogens (primary N) is 1. The molecule has 0 radical (unpaired) electrons. The SMILES string of the molecule is C[C@H](N)C(=O)NC1CC2CCCC(C1)N2C.Cl.Cl. The molecule has 1 amide bonds. The molecule has 0 aliphatic carbocycles. The van der Waals surface area contributed by atoms with E-state index in [1.54, 1.807) is 6.92 Å². The number of halogens is 2. The second-order valence-corrected chi connectivity index (χ2v) is 5.37. The molecule has 2 unspecified atom stereocenters. The van der Waals surface area contributed by atoms with E-state index in [0.29, 0.717) is 18.1 Å². The van der Waals surface area contributed by atoms with Gasteiger partial charge in [0.05, 0.1) is 6.04 Å². The minimum atomic E-state index is -0.389. The van der Waals surface area contributed by atoms with Crippen LogP contribution < -0.4 is 11.1 Å². The summed E-state index contributed by atoms with van der Waals surface area (Å²) in [5.74, 6) is -0.00683. The molecule has 3 N–H and O–H groups in total. The maximum Gasteiger partial charge on any atom is 0.236 e. The maximum atomic E-state index is 11.6. The number of fused-ring (bicyclic) bond motifs is 2. The van der Waals surface area contributed by atoms with Gasteiger partial charge in [-0.2, -0.15) is 0 Å². The largest absolute Gasteiger partial charge is 0.352 e. The van der Waals surface area contributed by atoms with Gasteiger partial charge in [0.25, 0.3) is 0 Å². The highest BCUT2D eigenvalue weighted by Gasteiger charge is 2.36. The lowest BCUT2D eigenvalue weighted by Gasteiger charge is -2.47. The molecule has 0 aromatic carbocycles. The summed E-state index contributed by atoms with van der Waals surface area (Å²) >= 11 is 0. The monoisotopic (exact) mass is 297 g/mol. The molecule has 3 atom stereocenters.